The van der Waals surface area contributed by atoms with E-state index in [4.69, 9.17) is 4.99 Å². The van der Waals surface area contributed by atoms with Gasteiger partial charge in [0, 0.05) is 24.2 Å². The Morgan fingerprint density at radius 1 is 1.15 bits per heavy atom. The van der Waals surface area contributed by atoms with Gasteiger partial charge < -0.3 is 10.6 Å². The number of aryl methyl sites for hydroxylation is 1. The van der Waals surface area contributed by atoms with Crippen LogP contribution in [0.3, 0.4) is 0 Å². The van der Waals surface area contributed by atoms with Gasteiger partial charge in [-0.25, -0.2) is 9.98 Å². The van der Waals surface area contributed by atoms with Crippen LogP contribution in [-0.4, -0.2) is 35.5 Å². The lowest BCUT2D eigenvalue weighted by Crippen LogP contribution is -2.36. The predicted octanol–water partition coefficient (Wildman–Crippen LogP) is 4.17. The molecule has 27 heavy (non-hydrogen) atoms. The minimum Gasteiger partial charge on any atom is -0.357 e. The number of guanidine groups is 1. The SMILES string of the molecule is CCNC(=NCc1cccc(CN(CC)CC)c1)NCc1ncc(C)s1.I. The van der Waals surface area contributed by atoms with Crippen LogP contribution in [0.15, 0.2) is 35.5 Å². The third-order valence-corrected chi connectivity index (χ3v) is 5.04. The van der Waals surface area contributed by atoms with E-state index in [9.17, 15) is 0 Å². The third-order valence-electron chi connectivity index (χ3n) is 4.13. The van der Waals surface area contributed by atoms with Crippen molar-refractivity contribution in [3.63, 3.8) is 0 Å². The van der Waals surface area contributed by atoms with Crippen LogP contribution < -0.4 is 10.6 Å². The van der Waals surface area contributed by atoms with Gasteiger partial charge in [-0.05, 0) is 38.1 Å². The molecule has 0 aliphatic carbocycles. The zero-order chi connectivity index (χ0) is 18.8. The Labute approximate surface area is 184 Å². The lowest BCUT2D eigenvalue weighted by atomic mass is 10.1. The Kier molecular flexibility index (Phi) is 11.5. The van der Waals surface area contributed by atoms with Crippen LogP contribution in [0.5, 0.6) is 0 Å². The molecule has 0 bridgehead atoms. The molecular formula is C20H32IN5S. The number of hydrogen-bond donors (Lipinski definition) is 2. The van der Waals surface area contributed by atoms with Crippen molar-refractivity contribution in [2.24, 2.45) is 4.99 Å². The Balaban J connectivity index is 0.00000364. The molecule has 0 atom stereocenters. The number of aromatic nitrogens is 1. The number of hydrogen-bond acceptors (Lipinski definition) is 4. The second-order valence-electron chi connectivity index (χ2n) is 6.19. The van der Waals surface area contributed by atoms with Crippen molar-refractivity contribution in [3.05, 3.63) is 51.5 Å². The van der Waals surface area contributed by atoms with Crippen molar-refractivity contribution in [1.29, 1.82) is 0 Å². The lowest BCUT2D eigenvalue weighted by molar-refractivity contribution is 0.296. The van der Waals surface area contributed by atoms with Crippen molar-refractivity contribution in [1.82, 2.24) is 20.5 Å². The Bertz CT molecular complexity index is 697. The average molecular weight is 501 g/mol. The molecule has 0 radical (unpaired) electrons. The topological polar surface area (TPSA) is 52.6 Å². The van der Waals surface area contributed by atoms with Gasteiger partial charge in [-0.15, -0.1) is 35.3 Å². The van der Waals surface area contributed by atoms with Crippen LogP contribution in [0.25, 0.3) is 0 Å². The van der Waals surface area contributed by atoms with Crippen molar-refractivity contribution in [2.45, 2.75) is 47.3 Å². The minimum atomic E-state index is 0. The van der Waals surface area contributed by atoms with E-state index in [1.165, 1.54) is 16.0 Å². The van der Waals surface area contributed by atoms with Crippen LogP contribution in [0.4, 0.5) is 0 Å². The molecule has 1 aromatic heterocycles. The number of rotatable bonds is 9. The monoisotopic (exact) mass is 501 g/mol. The number of nitrogens with one attached hydrogen (secondary N) is 2. The highest BCUT2D eigenvalue weighted by Crippen LogP contribution is 2.11. The smallest absolute Gasteiger partial charge is 0.191 e. The zero-order valence-electron chi connectivity index (χ0n) is 16.8. The average Bonchev–Trinajstić information content (AvgIpc) is 3.07. The maximum absolute atomic E-state index is 4.72. The van der Waals surface area contributed by atoms with Gasteiger partial charge in [-0.2, -0.15) is 0 Å². The summed E-state index contributed by atoms with van der Waals surface area (Å²) < 4.78 is 0. The van der Waals surface area contributed by atoms with E-state index in [-0.39, 0.29) is 24.0 Å². The van der Waals surface area contributed by atoms with Gasteiger partial charge in [0.05, 0.1) is 13.1 Å². The molecule has 0 spiro atoms. The van der Waals surface area contributed by atoms with E-state index < -0.39 is 0 Å². The maximum Gasteiger partial charge on any atom is 0.191 e. The van der Waals surface area contributed by atoms with Crippen molar-refractivity contribution >= 4 is 41.3 Å². The van der Waals surface area contributed by atoms with E-state index in [1.54, 1.807) is 11.3 Å². The summed E-state index contributed by atoms with van der Waals surface area (Å²) in [6.45, 7) is 13.9. The van der Waals surface area contributed by atoms with Gasteiger partial charge in [0.2, 0.25) is 0 Å². The first-order chi connectivity index (χ1) is 12.6. The molecule has 1 aromatic carbocycles. The van der Waals surface area contributed by atoms with E-state index in [0.29, 0.717) is 13.1 Å². The second-order valence-corrected chi connectivity index (χ2v) is 7.51. The van der Waals surface area contributed by atoms with Gasteiger partial charge in [0.25, 0.3) is 0 Å². The van der Waals surface area contributed by atoms with E-state index in [1.807, 2.05) is 6.20 Å². The standard InChI is InChI=1S/C20H31N5S.HI/c1-5-21-20(24-14-19-22-12-16(4)26-19)23-13-17-9-8-10-18(11-17)15-25(6-2)7-3;/h8-12H,5-7,13-15H2,1-4H3,(H2,21,23,24);1H. The van der Waals surface area contributed by atoms with Gasteiger partial charge in [0.15, 0.2) is 5.96 Å². The summed E-state index contributed by atoms with van der Waals surface area (Å²) in [5, 5.41) is 7.74. The van der Waals surface area contributed by atoms with E-state index >= 15 is 0 Å². The number of nitrogens with zero attached hydrogens (tertiary/aromatic N) is 3. The van der Waals surface area contributed by atoms with Crippen molar-refractivity contribution in [2.75, 3.05) is 19.6 Å². The van der Waals surface area contributed by atoms with Crippen molar-refractivity contribution < 1.29 is 0 Å². The number of halogens is 1. The zero-order valence-corrected chi connectivity index (χ0v) is 19.9. The molecule has 0 fully saturated rings. The molecule has 0 aliphatic rings. The number of benzene rings is 1. The summed E-state index contributed by atoms with van der Waals surface area (Å²) in [6, 6.07) is 8.72. The lowest BCUT2D eigenvalue weighted by Gasteiger charge is -2.18. The van der Waals surface area contributed by atoms with Crippen LogP contribution in [-0.2, 0) is 19.6 Å². The number of aliphatic imine (C=N–C) groups is 1. The van der Waals surface area contributed by atoms with Crippen molar-refractivity contribution in [3.8, 4) is 0 Å². The fourth-order valence-corrected chi connectivity index (χ4v) is 3.41. The Morgan fingerprint density at radius 3 is 2.52 bits per heavy atom. The molecule has 7 heteroatoms. The van der Waals surface area contributed by atoms with Crippen LogP contribution >= 0.6 is 35.3 Å². The highest BCUT2D eigenvalue weighted by Gasteiger charge is 2.04. The van der Waals surface area contributed by atoms with Crippen LogP contribution in [0.2, 0.25) is 0 Å². The third kappa shape index (κ3) is 8.57. The van der Waals surface area contributed by atoms with Gasteiger partial charge in [-0.3, -0.25) is 4.90 Å². The Hall–Kier alpha value is -1.19. The first-order valence-corrected chi connectivity index (χ1v) is 10.2. The summed E-state index contributed by atoms with van der Waals surface area (Å²) in [5.74, 6) is 0.828. The van der Waals surface area contributed by atoms with Gasteiger partial charge >= 0.3 is 0 Å². The predicted molar refractivity (Wildman–Crippen MR) is 127 cm³/mol. The largest absolute Gasteiger partial charge is 0.357 e. The van der Waals surface area contributed by atoms with Crippen LogP contribution in [0.1, 0.15) is 41.8 Å². The molecule has 150 valence electrons. The van der Waals surface area contributed by atoms with Gasteiger partial charge in [0.1, 0.15) is 5.01 Å². The molecule has 2 aromatic rings. The number of thiazole rings is 1. The van der Waals surface area contributed by atoms with E-state index in [0.717, 1.165) is 37.1 Å². The van der Waals surface area contributed by atoms with Gasteiger partial charge in [-0.1, -0.05) is 38.1 Å². The molecular weight excluding hydrogens is 469 g/mol. The molecule has 0 unspecified atom stereocenters. The molecule has 5 nitrogen and oxygen atoms in total. The highest BCUT2D eigenvalue weighted by atomic mass is 127. The molecule has 0 saturated heterocycles. The molecule has 2 rings (SSSR count). The first kappa shape index (κ1) is 23.8. The summed E-state index contributed by atoms with van der Waals surface area (Å²) in [4.78, 5) is 12.8. The highest BCUT2D eigenvalue weighted by molar-refractivity contribution is 14.0. The van der Waals surface area contributed by atoms with E-state index in [2.05, 4.69) is 72.5 Å². The normalized spacial score (nSPS) is 11.4. The second kappa shape index (κ2) is 13.1. The van der Waals surface area contributed by atoms with Crippen LogP contribution in [0, 0.1) is 6.92 Å². The fraction of sp³-hybridized carbons (Fsp3) is 0.500. The molecule has 2 N–H and O–H groups in total. The quantitative estimate of drug-likeness (QED) is 0.308. The minimum absolute atomic E-state index is 0. The fourth-order valence-electron chi connectivity index (χ4n) is 2.69. The summed E-state index contributed by atoms with van der Waals surface area (Å²) in [7, 11) is 0. The summed E-state index contributed by atoms with van der Waals surface area (Å²) in [6.07, 6.45) is 1.91. The molecule has 0 aliphatic heterocycles. The maximum atomic E-state index is 4.72. The molecule has 1 heterocycles. The summed E-state index contributed by atoms with van der Waals surface area (Å²) >= 11 is 1.71. The molecule has 0 amide bonds. The first-order valence-electron chi connectivity index (χ1n) is 9.38. The molecule has 0 saturated carbocycles. The Morgan fingerprint density at radius 2 is 1.89 bits per heavy atom. The summed E-state index contributed by atoms with van der Waals surface area (Å²) in [5.41, 5.74) is 2.58.